The number of nitrogen functional groups attached to an aromatic ring is 1. The number of hydrazine groups is 1. The number of nitrogens with two attached hydrogens (primary N) is 1. The SMILES string of the molecule is NNC(=O)c1ccc(COc2ccc(Cl)cc2Br)o1. The van der Waals surface area contributed by atoms with Gasteiger partial charge in [-0.1, -0.05) is 11.6 Å². The monoisotopic (exact) mass is 344 g/mol. The average molecular weight is 346 g/mol. The van der Waals surface area contributed by atoms with Crippen LogP contribution in [0.3, 0.4) is 0 Å². The van der Waals surface area contributed by atoms with E-state index in [2.05, 4.69) is 15.9 Å². The molecule has 19 heavy (non-hydrogen) atoms. The Balaban J connectivity index is 2.02. The maximum absolute atomic E-state index is 11.2. The van der Waals surface area contributed by atoms with Crippen LogP contribution >= 0.6 is 27.5 Å². The van der Waals surface area contributed by atoms with Gasteiger partial charge in [0.2, 0.25) is 0 Å². The fraction of sp³-hybridized carbons (Fsp3) is 0.0833. The molecule has 2 aromatic rings. The van der Waals surface area contributed by atoms with Crippen molar-refractivity contribution >= 4 is 33.4 Å². The first-order chi connectivity index (χ1) is 9.10. The van der Waals surface area contributed by atoms with Crippen LogP contribution in [0.1, 0.15) is 16.3 Å². The molecule has 0 spiro atoms. The molecule has 0 aliphatic heterocycles. The minimum atomic E-state index is -0.487. The Labute approximate surface area is 122 Å². The van der Waals surface area contributed by atoms with Crippen molar-refractivity contribution in [2.45, 2.75) is 6.61 Å². The van der Waals surface area contributed by atoms with Gasteiger partial charge in [0.25, 0.3) is 0 Å². The Kier molecular flexibility index (Phi) is 4.47. The molecule has 2 rings (SSSR count). The summed E-state index contributed by atoms with van der Waals surface area (Å²) in [7, 11) is 0. The van der Waals surface area contributed by atoms with E-state index in [-0.39, 0.29) is 12.4 Å². The van der Waals surface area contributed by atoms with Crippen molar-refractivity contribution in [3.63, 3.8) is 0 Å². The number of rotatable bonds is 4. The number of amides is 1. The van der Waals surface area contributed by atoms with Gasteiger partial charge in [-0.2, -0.15) is 0 Å². The lowest BCUT2D eigenvalue weighted by Crippen LogP contribution is -2.29. The lowest BCUT2D eigenvalue weighted by Gasteiger charge is -2.06. The molecule has 0 fully saturated rings. The second-order valence-corrected chi connectivity index (χ2v) is 4.89. The van der Waals surface area contributed by atoms with E-state index < -0.39 is 5.91 Å². The number of furan rings is 1. The van der Waals surface area contributed by atoms with Crippen molar-refractivity contribution in [2.24, 2.45) is 5.84 Å². The summed E-state index contributed by atoms with van der Waals surface area (Å²) in [4.78, 5) is 11.2. The van der Waals surface area contributed by atoms with Crippen LogP contribution in [0.2, 0.25) is 5.02 Å². The molecule has 1 heterocycles. The number of hydrogen-bond acceptors (Lipinski definition) is 4. The van der Waals surface area contributed by atoms with Gasteiger partial charge in [-0.05, 0) is 46.3 Å². The van der Waals surface area contributed by atoms with E-state index in [9.17, 15) is 4.79 Å². The molecule has 1 aromatic carbocycles. The van der Waals surface area contributed by atoms with Crippen molar-refractivity contribution in [3.8, 4) is 5.75 Å². The highest BCUT2D eigenvalue weighted by Crippen LogP contribution is 2.28. The summed E-state index contributed by atoms with van der Waals surface area (Å²) in [6.07, 6.45) is 0. The maximum Gasteiger partial charge on any atom is 0.300 e. The molecule has 0 unspecified atom stereocenters. The number of nitrogens with one attached hydrogen (secondary N) is 1. The first-order valence-electron chi connectivity index (χ1n) is 5.27. The Morgan fingerprint density at radius 1 is 1.42 bits per heavy atom. The standard InChI is InChI=1S/C12H10BrClN2O3/c13-9-5-7(14)1-3-10(9)18-6-8-2-4-11(19-8)12(17)16-15/h1-5H,6,15H2,(H,16,17). The third-order valence-corrected chi connectivity index (χ3v) is 3.14. The number of ether oxygens (including phenoxy) is 1. The zero-order chi connectivity index (χ0) is 13.8. The molecule has 0 bridgehead atoms. The van der Waals surface area contributed by atoms with E-state index in [4.69, 9.17) is 26.6 Å². The molecule has 0 radical (unpaired) electrons. The van der Waals surface area contributed by atoms with Crippen LogP contribution in [-0.2, 0) is 6.61 Å². The summed E-state index contributed by atoms with van der Waals surface area (Å²) >= 11 is 9.17. The first-order valence-corrected chi connectivity index (χ1v) is 6.45. The number of hydrogen-bond donors (Lipinski definition) is 2. The predicted molar refractivity (Wildman–Crippen MR) is 73.8 cm³/mol. The largest absolute Gasteiger partial charge is 0.484 e. The minimum absolute atomic E-state index is 0.135. The summed E-state index contributed by atoms with van der Waals surface area (Å²) in [5.74, 6) is 5.80. The van der Waals surface area contributed by atoms with Crippen molar-refractivity contribution in [2.75, 3.05) is 0 Å². The minimum Gasteiger partial charge on any atom is -0.484 e. The molecule has 0 atom stereocenters. The van der Waals surface area contributed by atoms with Gasteiger partial charge in [-0.3, -0.25) is 10.2 Å². The van der Waals surface area contributed by atoms with E-state index in [0.29, 0.717) is 16.5 Å². The van der Waals surface area contributed by atoms with Gasteiger partial charge in [-0.25, -0.2) is 5.84 Å². The predicted octanol–water partition coefficient (Wildman–Crippen LogP) is 2.88. The van der Waals surface area contributed by atoms with Gasteiger partial charge in [0.1, 0.15) is 18.1 Å². The van der Waals surface area contributed by atoms with Crippen LogP contribution in [0.25, 0.3) is 0 Å². The molecule has 0 saturated heterocycles. The van der Waals surface area contributed by atoms with Crippen LogP contribution in [0.4, 0.5) is 0 Å². The highest BCUT2D eigenvalue weighted by molar-refractivity contribution is 9.10. The molecule has 0 saturated carbocycles. The molecular formula is C12H10BrClN2O3. The Morgan fingerprint density at radius 2 is 2.21 bits per heavy atom. The van der Waals surface area contributed by atoms with Crippen molar-refractivity contribution in [1.29, 1.82) is 0 Å². The van der Waals surface area contributed by atoms with Gasteiger partial charge in [0.05, 0.1) is 4.47 Å². The van der Waals surface area contributed by atoms with Crippen LogP contribution < -0.4 is 16.0 Å². The molecule has 1 amide bonds. The molecule has 100 valence electrons. The van der Waals surface area contributed by atoms with Gasteiger partial charge in [-0.15, -0.1) is 0 Å². The van der Waals surface area contributed by atoms with Crippen LogP contribution in [0.15, 0.2) is 39.2 Å². The van der Waals surface area contributed by atoms with Gasteiger partial charge in [0, 0.05) is 5.02 Å². The van der Waals surface area contributed by atoms with E-state index in [1.165, 1.54) is 6.07 Å². The van der Waals surface area contributed by atoms with Gasteiger partial charge >= 0.3 is 5.91 Å². The Morgan fingerprint density at radius 3 is 2.89 bits per heavy atom. The van der Waals surface area contributed by atoms with Crippen molar-refractivity contribution < 1.29 is 13.9 Å². The number of benzene rings is 1. The second kappa shape index (κ2) is 6.10. The first kappa shape index (κ1) is 13.9. The molecule has 3 N–H and O–H groups in total. The van der Waals surface area contributed by atoms with E-state index >= 15 is 0 Å². The zero-order valence-corrected chi connectivity index (χ0v) is 12.0. The lowest BCUT2D eigenvalue weighted by atomic mass is 10.3. The summed E-state index contributed by atoms with van der Waals surface area (Å²) in [5.41, 5.74) is 1.99. The molecular weight excluding hydrogens is 336 g/mol. The summed E-state index contributed by atoms with van der Waals surface area (Å²) < 4.78 is 11.5. The third kappa shape index (κ3) is 3.50. The van der Waals surface area contributed by atoms with Crippen molar-refractivity contribution in [3.05, 3.63) is 51.3 Å². The second-order valence-electron chi connectivity index (χ2n) is 3.60. The van der Waals surface area contributed by atoms with E-state index in [0.717, 1.165) is 4.47 Å². The highest BCUT2D eigenvalue weighted by atomic mass is 79.9. The van der Waals surface area contributed by atoms with Crippen LogP contribution in [0.5, 0.6) is 5.75 Å². The van der Waals surface area contributed by atoms with Crippen LogP contribution in [0, 0.1) is 0 Å². The number of carbonyl (C=O) groups is 1. The summed E-state index contributed by atoms with van der Waals surface area (Å²) in [6, 6.07) is 8.36. The lowest BCUT2D eigenvalue weighted by molar-refractivity contribution is 0.0922. The topological polar surface area (TPSA) is 77.5 Å². The molecule has 5 nitrogen and oxygen atoms in total. The Bertz CT molecular complexity index is 600. The molecule has 0 aliphatic carbocycles. The molecule has 7 heteroatoms. The van der Waals surface area contributed by atoms with E-state index in [1.807, 2.05) is 5.43 Å². The summed E-state index contributed by atoms with van der Waals surface area (Å²) in [5, 5.41) is 0.610. The third-order valence-electron chi connectivity index (χ3n) is 2.28. The van der Waals surface area contributed by atoms with Gasteiger partial charge < -0.3 is 9.15 Å². The Hall–Kier alpha value is -1.50. The quantitative estimate of drug-likeness (QED) is 0.507. The molecule has 1 aromatic heterocycles. The average Bonchev–Trinajstić information content (AvgIpc) is 2.85. The van der Waals surface area contributed by atoms with Crippen LogP contribution in [-0.4, -0.2) is 5.91 Å². The number of carbonyl (C=O) groups excluding carboxylic acids is 1. The fourth-order valence-electron chi connectivity index (χ4n) is 1.39. The smallest absolute Gasteiger partial charge is 0.300 e. The van der Waals surface area contributed by atoms with E-state index in [1.54, 1.807) is 24.3 Å². The van der Waals surface area contributed by atoms with Gasteiger partial charge in [0.15, 0.2) is 5.76 Å². The highest BCUT2D eigenvalue weighted by Gasteiger charge is 2.10. The zero-order valence-electron chi connectivity index (χ0n) is 9.65. The van der Waals surface area contributed by atoms with Crippen molar-refractivity contribution in [1.82, 2.24) is 5.43 Å². The number of halogens is 2. The fourth-order valence-corrected chi connectivity index (χ4v) is 2.19. The normalized spacial score (nSPS) is 10.3. The summed E-state index contributed by atoms with van der Waals surface area (Å²) in [6.45, 7) is 0.193. The maximum atomic E-state index is 11.2. The molecule has 0 aliphatic rings.